The molecule has 4 heteroatoms. The normalized spacial score (nSPS) is 13.4. The Balaban J connectivity index is 2.97. The molecule has 0 saturated carbocycles. The minimum Gasteiger partial charge on any atom is -0.396 e. The first-order chi connectivity index (χ1) is 5.31. The molecule has 0 aliphatic carbocycles. The van der Waals surface area contributed by atoms with Gasteiger partial charge < -0.3 is 20.1 Å². The Morgan fingerprint density at radius 2 is 1.91 bits per heavy atom. The molecule has 0 saturated heterocycles. The third-order valence-electron chi connectivity index (χ3n) is 1.22. The molecule has 0 aliphatic heterocycles. The van der Waals surface area contributed by atoms with Crippen LogP contribution < -0.4 is 0 Å². The Morgan fingerprint density at radius 3 is 2.45 bits per heavy atom. The number of ether oxygens (including phenoxy) is 1. The summed E-state index contributed by atoms with van der Waals surface area (Å²) in [6.45, 7) is 0.778. The number of hydrogen-bond donors (Lipinski definition) is 3. The first-order valence-corrected chi connectivity index (χ1v) is 3.78. The molecule has 68 valence electrons. The highest BCUT2D eigenvalue weighted by Gasteiger charge is 2.01. The molecular weight excluding hydrogens is 148 g/mol. The fraction of sp³-hybridized carbons (Fsp3) is 1.00. The summed E-state index contributed by atoms with van der Waals surface area (Å²) >= 11 is 0. The van der Waals surface area contributed by atoms with Crippen LogP contribution in [0, 0.1) is 0 Å². The van der Waals surface area contributed by atoms with Crippen LogP contribution in [0.4, 0.5) is 0 Å². The number of rotatable bonds is 7. The Kier molecular flexibility index (Phi) is 7.83. The van der Waals surface area contributed by atoms with Gasteiger partial charge in [0.05, 0.1) is 12.7 Å². The van der Waals surface area contributed by atoms with Gasteiger partial charge in [-0.25, -0.2) is 0 Å². The molecule has 0 fully saturated rings. The van der Waals surface area contributed by atoms with Crippen molar-refractivity contribution in [2.75, 3.05) is 26.4 Å². The van der Waals surface area contributed by atoms with E-state index in [1.807, 2.05) is 0 Å². The molecule has 1 unspecified atom stereocenters. The van der Waals surface area contributed by atoms with Gasteiger partial charge in [-0.05, 0) is 12.8 Å². The summed E-state index contributed by atoms with van der Waals surface area (Å²) in [6, 6.07) is 0. The highest BCUT2D eigenvalue weighted by molar-refractivity contribution is 4.51. The van der Waals surface area contributed by atoms with Crippen molar-refractivity contribution in [3.8, 4) is 0 Å². The number of aliphatic hydroxyl groups is 3. The molecule has 1 atom stereocenters. The van der Waals surface area contributed by atoms with Gasteiger partial charge in [0.2, 0.25) is 0 Å². The van der Waals surface area contributed by atoms with Gasteiger partial charge in [0.15, 0.2) is 0 Å². The molecule has 0 aromatic rings. The van der Waals surface area contributed by atoms with E-state index in [0.717, 1.165) is 0 Å². The summed E-state index contributed by atoms with van der Waals surface area (Å²) in [6.07, 6.45) is 0.351. The topological polar surface area (TPSA) is 69.9 Å². The van der Waals surface area contributed by atoms with Crippen LogP contribution in [-0.2, 0) is 4.74 Å². The molecule has 0 heterocycles. The second-order valence-corrected chi connectivity index (χ2v) is 2.32. The quantitative estimate of drug-likeness (QED) is 0.428. The lowest BCUT2D eigenvalue weighted by atomic mass is 10.3. The lowest BCUT2D eigenvalue weighted by molar-refractivity contribution is 0.0197. The molecule has 0 aliphatic rings. The lowest BCUT2D eigenvalue weighted by Crippen LogP contribution is -2.17. The summed E-state index contributed by atoms with van der Waals surface area (Å²) in [5, 5.41) is 25.7. The van der Waals surface area contributed by atoms with Gasteiger partial charge in [-0.15, -0.1) is 0 Å². The standard InChI is InChI=1S/C7H16O4/c8-3-1-5-11-6-7(10)2-4-9/h7-10H,1-6H2. The summed E-state index contributed by atoms with van der Waals surface area (Å²) in [5.41, 5.74) is 0. The lowest BCUT2D eigenvalue weighted by Gasteiger charge is -2.08. The SMILES string of the molecule is OCCCOCC(O)CCO. The largest absolute Gasteiger partial charge is 0.396 e. The van der Waals surface area contributed by atoms with Crippen LogP contribution in [0.1, 0.15) is 12.8 Å². The van der Waals surface area contributed by atoms with Crippen LogP contribution in [0.2, 0.25) is 0 Å². The fourth-order valence-electron chi connectivity index (χ4n) is 0.618. The molecule has 0 amide bonds. The molecule has 0 bridgehead atoms. The summed E-state index contributed by atoms with van der Waals surface area (Å²) in [7, 11) is 0. The maximum absolute atomic E-state index is 9.00. The smallest absolute Gasteiger partial charge is 0.0795 e. The van der Waals surface area contributed by atoms with Crippen molar-refractivity contribution >= 4 is 0 Å². The molecule has 0 aromatic heterocycles. The van der Waals surface area contributed by atoms with Gasteiger partial charge in [-0.1, -0.05) is 0 Å². The van der Waals surface area contributed by atoms with Gasteiger partial charge >= 0.3 is 0 Å². The van der Waals surface area contributed by atoms with Crippen LogP contribution in [0.3, 0.4) is 0 Å². The van der Waals surface area contributed by atoms with E-state index < -0.39 is 6.10 Å². The highest BCUT2D eigenvalue weighted by atomic mass is 16.5. The van der Waals surface area contributed by atoms with Crippen molar-refractivity contribution in [2.45, 2.75) is 18.9 Å². The van der Waals surface area contributed by atoms with Crippen molar-refractivity contribution in [3.63, 3.8) is 0 Å². The predicted molar refractivity (Wildman–Crippen MR) is 40.2 cm³/mol. The van der Waals surface area contributed by atoms with E-state index >= 15 is 0 Å². The van der Waals surface area contributed by atoms with Crippen molar-refractivity contribution in [1.29, 1.82) is 0 Å². The minimum absolute atomic E-state index is 0.0233. The number of hydrogen-bond acceptors (Lipinski definition) is 4. The van der Waals surface area contributed by atoms with Gasteiger partial charge in [0.1, 0.15) is 0 Å². The molecule has 11 heavy (non-hydrogen) atoms. The van der Waals surface area contributed by atoms with Gasteiger partial charge in [-0.2, -0.15) is 0 Å². The van der Waals surface area contributed by atoms with Crippen LogP contribution in [-0.4, -0.2) is 47.9 Å². The zero-order valence-electron chi connectivity index (χ0n) is 6.57. The summed E-state index contributed by atoms with van der Waals surface area (Å²) in [4.78, 5) is 0. The van der Waals surface area contributed by atoms with Gasteiger partial charge in [-0.3, -0.25) is 0 Å². The summed E-state index contributed by atoms with van der Waals surface area (Å²) < 4.78 is 4.97. The molecule has 0 radical (unpaired) electrons. The Labute approximate surface area is 66.4 Å². The minimum atomic E-state index is -0.585. The van der Waals surface area contributed by atoms with Crippen LogP contribution in [0.25, 0.3) is 0 Å². The maximum atomic E-state index is 9.00. The molecule has 3 N–H and O–H groups in total. The Morgan fingerprint density at radius 1 is 1.18 bits per heavy atom. The molecule has 4 nitrogen and oxygen atoms in total. The second-order valence-electron chi connectivity index (χ2n) is 2.32. The van der Waals surface area contributed by atoms with Crippen molar-refractivity contribution < 1.29 is 20.1 Å². The third kappa shape index (κ3) is 7.74. The Hall–Kier alpha value is -0.160. The van der Waals surface area contributed by atoms with E-state index in [2.05, 4.69) is 0 Å². The van der Waals surface area contributed by atoms with Crippen LogP contribution in [0.15, 0.2) is 0 Å². The van der Waals surface area contributed by atoms with E-state index in [9.17, 15) is 0 Å². The van der Waals surface area contributed by atoms with Crippen LogP contribution in [0.5, 0.6) is 0 Å². The summed E-state index contributed by atoms with van der Waals surface area (Å²) in [5.74, 6) is 0. The fourth-order valence-corrected chi connectivity index (χ4v) is 0.618. The first-order valence-electron chi connectivity index (χ1n) is 3.78. The Bertz CT molecular complexity index is 76.8. The van der Waals surface area contributed by atoms with E-state index in [0.29, 0.717) is 19.4 Å². The zero-order valence-corrected chi connectivity index (χ0v) is 6.57. The van der Waals surface area contributed by atoms with Crippen molar-refractivity contribution in [1.82, 2.24) is 0 Å². The molecule has 0 spiro atoms. The van der Waals surface area contributed by atoms with Crippen LogP contribution >= 0.6 is 0 Å². The third-order valence-corrected chi connectivity index (χ3v) is 1.22. The predicted octanol–water partition coefficient (Wildman–Crippen LogP) is -0.871. The molecule has 0 aromatic carbocycles. The van der Waals surface area contributed by atoms with Crippen molar-refractivity contribution in [3.05, 3.63) is 0 Å². The van der Waals surface area contributed by atoms with Gasteiger partial charge in [0, 0.05) is 19.8 Å². The van der Waals surface area contributed by atoms with Gasteiger partial charge in [0.25, 0.3) is 0 Å². The van der Waals surface area contributed by atoms with Crippen molar-refractivity contribution in [2.24, 2.45) is 0 Å². The zero-order chi connectivity index (χ0) is 8.53. The highest BCUT2D eigenvalue weighted by Crippen LogP contribution is 1.91. The monoisotopic (exact) mass is 164 g/mol. The van der Waals surface area contributed by atoms with E-state index in [1.54, 1.807) is 0 Å². The average molecular weight is 164 g/mol. The average Bonchev–Trinajstić information content (AvgIpc) is 1.99. The number of aliphatic hydroxyl groups excluding tert-OH is 3. The van der Waals surface area contributed by atoms with E-state index in [-0.39, 0.29) is 19.8 Å². The maximum Gasteiger partial charge on any atom is 0.0795 e. The molecular formula is C7H16O4. The van der Waals surface area contributed by atoms with E-state index in [1.165, 1.54) is 0 Å². The molecule has 0 rings (SSSR count). The second kappa shape index (κ2) is 7.94. The van der Waals surface area contributed by atoms with E-state index in [4.69, 9.17) is 20.1 Å². The first kappa shape index (κ1) is 10.8.